The van der Waals surface area contributed by atoms with Gasteiger partial charge in [0.15, 0.2) is 5.96 Å². The Balaban J connectivity index is 1.93. The molecule has 2 N–H and O–H groups in total. The van der Waals surface area contributed by atoms with E-state index in [1.165, 1.54) is 0 Å². The van der Waals surface area contributed by atoms with E-state index >= 15 is 0 Å². The molecule has 0 spiro atoms. The Hall–Kier alpha value is -1.66. The molecule has 0 radical (unpaired) electrons. The topological polar surface area (TPSA) is 42.9 Å². The molecule has 5 nitrogen and oxygen atoms in total. The monoisotopic (exact) mass is 335 g/mol. The zero-order chi connectivity index (χ0) is 17.5. The number of halogens is 1. The number of likely N-dealkylation sites (N-methyl/N-ethyl adjacent to an activating group) is 2. The van der Waals surface area contributed by atoms with E-state index in [2.05, 4.69) is 39.5 Å². The van der Waals surface area contributed by atoms with Gasteiger partial charge in [-0.1, -0.05) is 12.1 Å². The van der Waals surface area contributed by atoms with Crippen molar-refractivity contribution < 1.29 is 4.39 Å². The van der Waals surface area contributed by atoms with Crippen LogP contribution in [0.2, 0.25) is 0 Å². The van der Waals surface area contributed by atoms with Crippen molar-refractivity contribution in [3.05, 3.63) is 35.1 Å². The molecule has 6 heteroatoms. The standard InChI is InChI=1S/C18H30FN5/c1-5-20-18(21-11-15-7-6-14(2)17(19)10-15)22-12-16-13-23(3)8-9-24(16)4/h6-7,10,16H,5,8-9,11-13H2,1-4H3,(H2,20,21,22). The van der Waals surface area contributed by atoms with Gasteiger partial charge in [-0.25, -0.2) is 9.38 Å². The molecule has 1 heterocycles. The second-order valence-electron chi connectivity index (χ2n) is 6.56. The quantitative estimate of drug-likeness (QED) is 0.631. The number of aryl methyl sites for hydroxylation is 1. The number of benzene rings is 1. The molecule has 1 aromatic carbocycles. The SMILES string of the molecule is CCNC(=NCc1ccc(C)c(F)c1)NCC1CN(C)CCN1C. The number of nitrogens with zero attached hydrogens (tertiary/aromatic N) is 3. The normalized spacial score (nSPS) is 20.2. The molecule has 1 fully saturated rings. The maximum Gasteiger partial charge on any atom is 0.191 e. The highest BCUT2D eigenvalue weighted by Crippen LogP contribution is 2.10. The average molecular weight is 335 g/mol. The molecule has 1 aliphatic heterocycles. The van der Waals surface area contributed by atoms with Crippen LogP contribution in [0.25, 0.3) is 0 Å². The van der Waals surface area contributed by atoms with Gasteiger partial charge in [0.1, 0.15) is 5.82 Å². The lowest BCUT2D eigenvalue weighted by Crippen LogP contribution is -2.55. The number of nitrogens with one attached hydrogen (secondary N) is 2. The van der Waals surface area contributed by atoms with Crippen LogP contribution in [0.3, 0.4) is 0 Å². The van der Waals surface area contributed by atoms with E-state index in [1.807, 2.05) is 13.0 Å². The highest BCUT2D eigenvalue weighted by molar-refractivity contribution is 5.79. The van der Waals surface area contributed by atoms with Crippen molar-refractivity contribution in [1.82, 2.24) is 20.4 Å². The van der Waals surface area contributed by atoms with E-state index in [0.29, 0.717) is 18.2 Å². The fourth-order valence-electron chi connectivity index (χ4n) is 2.78. The first kappa shape index (κ1) is 18.7. The molecule has 1 unspecified atom stereocenters. The summed E-state index contributed by atoms with van der Waals surface area (Å²) < 4.78 is 13.6. The maximum atomic E-state index is 13.6. The van der Waals surface area contributed by atoms with Crippen molar-refractivity contribution in [2.75, 3.05) is 46.8 Å². The average Bonchev–Trinajstić information content (AvgIpc) is 2.56. The largest absolute Gasteiger partial charge is 0.357 e. The minimum absolute atomic E-state index is 0.174. The van der Waals surface area contributed by atoms with Crippen molar-refractivity contribution >= 4 is 5.96 Å². The van der Waals surface area contributed by atoms with Gasteiger partial charge in [0.25, 0.3) is 0 Å². The smallest absolute Gasteiger partial charge is 0.191 e. The van der Waals surface area contributed by atoms with Crippen LogP contribution < -0.4 is 10.6 Å². The van der Waals surface area contributed by atoms with Crippen molar-refractivity contribution in [3.63, 3.8) is 0 Å². The van der Waals surface area contributed by atoms with E-state index in [0.717, 1.165) is 44.2 Å². The van der Waals surface area contributed by atoms with Crippen LogP contribution in [0.1, 0.15) is 18.1 Å². The van der Waals surface area contributed by atoms with Crippen LogP contribution in [0.5, 0.6) is 0 Å². The molecule has 0 aromatic heterocycles. The lowest BCUT2D eigenvalue weighted by Gasteiger charge is -2.37. The van der Waals surface area contributed by atoms with Gasteiger partial charge in [-0.2, -0.15) is 0 Å². The zero-order valence-corrected chi connectivity index (χ0v) is 15.3. The van der Waals surface area contributed by atoms with Crippen LogP contribution in [0, 0.1) is 12.7 Å². The van der Waals surface area contributed by atoms with Crippen molar-refractivity contribution in [3.8, 4) is 0 Å². The van der Waals surface area contributed by atoms with Crippen LogP contribution in [0.15, 0.2) is 23.2 Å². The summed E-state index contributed by atoms with van der Waals surface area (Å²) in [6, 6.07) is 5.75. The lowest BCUT2D eigenvalue weighted by atomic mass is 10.1. The third kappa shape index (κ3) is 5.46. The fraction of sp³-hybridized carbons (Fsp3) is 0.611. The Kier molecular flexibility index (Phi) is 6.99. The molecule has 24 heavy (non-hydrogen) atoms. The predicted molar refractivity (Wildman–Crippen MR) is 97.9 cm³/mol. The Morgan fingerprint density at radius 1 is 1.29 bits per heavy atom. The molecule has 0 aliphatic carbocycles. The molecule has 134 valence electrons. The maximum absolute atomic E-state index is 13.6. The summed E-state index contributed by atoms with van der Waals surface area (Å²) in [5.41, 5.74) is 1.54. The highest BCUT2D eigenvalue weighted by atomic mass is 19.1. The first-order valence-corrected chi connectivity index (χ1v) is 8.65. The van der Waals surface area contributed by atoms with Gasteiger partial charge >= 0.3 is 0 Å². The Morgan fingerprint density at radius 2 is 2.08 bits per heavy atom. The van der Waals surface area contributed by atoms with E-state index in [1.54, 1.807) is 19.1 Å². The van der Waals surface area contributed by atoms with Gasteiger partial charge < -0.3 is 15.5 Å². The van der Waals surface area contributed by atoms with Crippen LogP contribution >= 0.6 is 0 Å². The zero-order valence-electron chi connectivity index (χ0n) is 15.3. The van der Waals surface area contributed by atoms with E-state index in [9.17, 15) is 4.39 Å². The van der Waals surface area contributed by atoms with Crippen LogP contribution in [-0.4, -0.2) is 68.6 Å². The molecule has 2 rings (SSSR count). The summed E-state index contributed by atoms with van der Waals surface area (Å²) in [6.07, 6.45) is 0. The Labute approximate surface area is 144 Å². The van der Waals surface area contributed by atoms with Crippen molar-refractivity contribution in [1.29, 1.82) is 0 Å². The summed E-state index contributed by atoms with van der Waals surface area (Å²) in [5.74, 6) is 0.604. The molecule has 1 aliphatic rings. The number of piperazine rings is 1. The first-order valence-electron chi connectivity index (χ1n) is 8.65. The third-order valence-electron chi connectivity index (χ3n) is 4.49. The minimum atomic E-state index is -0.174. The predicted octanol–water partition coefficient (Wildman–Crippen LogP) is 1.44. The molecule has 1 aromatic rings. The van der Waals surface area contributed by atoms with E-state index in [-0.39, 0.29) is 5.82 Å². The van der Waals surface area contributed by atoms with Crippen molar-refractivity contribution in [2.24, 2.45) is 4.99 Å². The van der Waals surface area contributed by atoms with Gasteiger partial charge in [-0.05, 0) is 45.1 Å². The van der Waals surface area contributed by atoms with Crippen LogP contribution in [-0.2, 0) is 6.54 Å². The molecule has 0 bridgehead atoms. The molecule has 0 amide bonds. The Morgan fingerprint density at radius 3 is 2.79 bits per heavy atom. The summed E-state index contributed by atoms with van der Waals surface area (Å²) in [5, 5.41) is 6.67. The second-order valence-corrected chi connectivity index (χ2v) is 6.56. The molecular weight excluding hydrogens is 305 g/mol. The molecule has 1 saturated heterocycles. The number of hydrogen-bond donors (Lipinski definition) is 2. The third-order valence-corrected chi connectivity index (χ3v) is 4.49. The van der Waals surface area contributed by atoms with Crippen LogP contribution in [0.4, 0.5) is 4.39 Å². The number of hydrogen-bond acceptors (Lipinski definition) is 3. The van der Waals surface area contributed by atoms with Crippen molar-refractivity contribution in [2.45, 2.75) is 26.4 Å². The highest BCUT2D eigenvalue weighted by Gasteiger charge is 2.21. The summed E-state index contributed by atoms with van der Waals surface area (Å²) in [6.45, 7) is 9.16. The van der Waals surface area contributed by atoms with E-state index < -0.39 is 0 Å². The molecule has 0 saturated carbocycles. The lowest BCUT2D eigenvalue weighted by molar-refractivity contribution is 0.116. The molecule has 1 atom stereocenters. The molecular formula is C18H30FN5. The number of rotatable bonds is 5. The first-order chi connectivity index (χ1) is 11.5. The van der Waals surface area contributed by atoms with Gasteiger partial charge in [0.2, 0.25) is 0 Å². The van der Waals surface area contributed by atoms with Gasteiger partial charge in [0, 0.05) is 38.8 Å². The number of aliphatic imine (C=N–C) groups is 1. The number of guanidine groups is 1. The second kappa shape index (κ2) is 8.99. The van der Waals surface area contributed by atoms with Gasteiger partial charge in [0.05, 0.1) is 6.54 Å². The summed E-state index contributed by atoms with van der Waals surface area (Å²) in [7, 11) is 4.32. The Bertz CT molecular complexity index is 560. The van der Waals surface area contributed by atoms with Gasteiger partial charge in [-0.3, -0.25) is 4.90 Å². The fourth-order valence-corrected chi connectivity index (χ4v) is 2.78. The summed E-state index contributed by atoms with van der Waals surface area (Å²) in [4.78, 5) is 9.31. The van der Waals surface area contributed by atoms with E-state index in [4.69, 9.17) is 0 Å². The minimum Gasteiger partial charge on any atom is -0.357 e. The van der Waals surface area contributed by atoms with Gasteiger partial charge in [-0.15, -0.1) is 0 Å². The summed E-state index contributed by atoms with van der Waals surface area (Å²) >= 11 is 0.